The molecule has 11 heteroatoms. The van der Waals surface area contributed by atoms with Gasteiger partial charge >= 0.3 is 6.09 Å². The first-order valence-electron chi connectivity index (χ1n) is 13.1. The molecule has 0 saturated carbocycles. The third kappa shape index (κ3) is 5.18. The maximum absolute atomic E-state index is 15.0. The number of aromatic nitrogens is 1. The molecular formula is C28H34ClFN4O5. The Kier molecular flexibility index (Phi) is 6.81. The van der Waals surface area contributed by atoms with Crippen LogP contribution in [0, 0.1) is 11.2 Å². The molecule has 2 fully saturated rings. The topological polar surface area (TPSA) is 95.4 Å². The lowest BCUT2D eigenvalue weighted by atomic mass is 9.93. The van der Waals surface area contributed by atoms with Gasteiger partial charge in [0.25, 0.3) is 5.91 Å². The number of halogens is 2. The fourth-order valence-corrected chi connectivity index (χ4v) is 5.66. The number of pyridine rings is 1. The van der Waals surface area contributed by atoms with Gasteiger partial charge in [-0.15, -0.1) is 0 Å². The Bertz CT molecular complexity index is 1310. The van der Waals surface area contributed by atoms with Gasteiger partial charge in [-0.25, -0.2) is 14.2 Å². The number of amides is 2. The van der Waals surface area contributed by atoms with E-state index in [1.165, 1.54) is 18.2 Å². The first-order chi connectivity index (χ1) is 18.3. The van der Waals surface area contributed by atoms with Gasteiger partial charge in [0.05, 0.1) is 11.6 Å². The molecule has 2 saturated heterocycles. The Hall–Kier alpha value is -3.27. The van der Waals surface area contributed by atoms with E-state index in [1.807, 2.05) is 4.90 Å². The molecule has 1 aromatic carbocycles. The first kappa shape index (κ1) is 27.3. The van der Waals surface area contributed by atoms with Crippen LogP contribution in [-0.4, -0.2) is 82.9 Å². The Morgan fingerprint density at radius 3 is 2.62 bits per heavy atom. The number of nitrogens with zero attached hydrogens (tertiary/aromatic N) is 4. The summed E-state index contributed by atoms with van der Waals surface area (Å²) < 4.78 is 26.7. The predicted octanol–water partition coefficient (Wildman–Crippen LogP) is 4.94. The van der Waals surface area contributed by atoms with Crippen LogP contribution in [0.2, 0.25) is 5.02 Å². The van der Waals surface area contributed by atoms with Gasteiger partial charge in [-0.05, 0) is 44.7 Å². The minimum atomic E-state index is -0.692. The molecule has 39 heavy (non-hydrogen) atoms. The number of aromatic hydroxyl groups is 1. The second-order valence-electron chi connectivity index (χ2n) is 12.2. The van der Waals surface area contributed by atoms with E-state index < -0.39 is 23.6 Å². The van der Waals surface area contributed by atoms with Crippen molar-refractivity contribution in [2.45, 2.75) is 52.7 Å². The van der Waals surface area contributed by atoms with Crippen LogP contribution in [0.25, 0.3) is 11.3 Å². The predicted molar refractivity (Wildman–Crippen MR) is 145 cm³/mol. The number of hydrogen-bond acceptors (Lipinski definition) is 7. The van der Waals surface area contributed by atoms with Crippen molar-refractivity contribution in [3.05, 3.63) is 34.6 Å². The molecule has 0 unspecified atom stereocenters. The molecule has 3 aliphatic rings. The SMILES string of the molecule is CC1(C)CCN(c2nc(-c3c(O)cccc3F)c(Cl)c3c2C(=O)N2CCN(C(=O)OC(C)(C)C)C[C@@H]2CO3)C1. The number of phenols is 1. The molecule has 0 spiro atoms. The maximum Gasteiger partial charge on any atom is 0.410 e. The normalized spacial score (nSPS) is 20.7. The van der Waals surface area contributed by atoms with Gasteiger partial charge in [0.15, 0.2) is 5.75 Å². The van der Waals surface area contributed by atoms with Crippen molar-refractivity contribution in [3.63, 3.8) is 0 Å². The highest BCUT2D eigenvalue weighted by Crippen LogP contribution is 2.47. The van der Waals surface area contributed by atoms with E-state index in [-0.39, 0.29) is 64.4 Å². The van der Waals surface area contributed by atoms with Gasteiger partial charge in [-0.2, -0.15) is 0 Å². The monoisotopic (exact) mass is 560 g/mol. The number of benzene rings is 1. The van der Waals surface area contributed by atoms with Crippen LogP contribution in [-0.2, 0) is 4.74 Å². The average Bonchev–Trinajstić information content (AvgIpc) is 3.13. The lowest BCUT2D eigenvalue weighted by molar-refractivity contribution is 0.000955. The van der Waals surface area contributed by atoms with Crippen LogP contribution in [0.1, 0.15) is 51.4 Å². The molecule has 3 aliphatic heterocycles. The molecule has 5 rings (SSSR count). The summed E-state index contributed by atoms with van der Waals surface area (Å²) in [7, 11) is 0. The number of hydrogen-bond donors (Lipinski definition) is 1. The van der Waals surface area contributed by atoms with Gasteiger partial charge in [0.1, 0.15) is 45.9 Å². The maximum atomic E-state index is 15.0. The van der Waals surface area contributed by atoms with Crippen molar-refractivity contribution in [1.29, 1.82) is 0 Å². The molecule has 0 radical (unpaired) electrons. The van der Waals surface area contributed by atoms with Crippen molar-refractivity contribution in [1.82, 2.24) is 14.8 Å². The van der Waals surface area contributed by atoms with Crippen molar-refractivity contribution in [2.75, 3.05) is 44.2 Å². The van der Waals surface area contributed by atoms with Crippen molar-refractivity contribution < 1.29 is 28.6 Å². The molecule has 2 amide bonds. The van der Waals surface area contributed by atoms with Gasteiger partial charge in [0, 0.05) is 32.7 Å². The van der Waals surface area contributed by atoms with E-state index in [0.717, 1.165) is 6.42 Å². The standard InChI is InChI=1S/C28H34ClFN4O5/c1-27(2,3)39-26(37)32-11-12-34-16(13-32)14-38-23-20(25(34)36)24(33-10-9-28(4,5)15-33)31-22(21(23)29)19-17(30)7-6-8-18(19)35/h6-8,16,35H,9-15H2,1-5H3/t16-/m1/s1. The van der Waals surface area contributed by atoms with Crippen LogP contribution in [0.3, 0.4) is 0 Å². The second-order valence-corrected chi connectivity index (χ2v) is 12.5. The number of phenolic OH excluding ortho intramolecular Hbond substituents is 1. The molecule has 1 N–H and O–H groups in total. The quantitative estimate of drug-likeness (QED) is 0.556. The Labute approximate surface area is 232 Å². The number of rotatable bonds is 2. The highest BCUT2D eigenvalue weighted by Gasteiger charge is 2.43. The molecular weight excluding hydrogens is 527 g/mol. The summed E-state index contributed by atoms with van der Waals surface area (Å²) in [6, 6.07) is 3.52. The molecule has 210 valence electrons. The number of anilines is 1. The zero-order valence-corrected chi connectivity index (χ0v) is 23.6. The minimum absolute atomic E-state index is 0.00813. The summed E-state index contributed by atoms with van der Waals surface area (Å²) in [5.41, 5.74) is -0.601. The molecule has 2 aromatic rings. The Morgan fingerprint density at radius 2 is 1.97 bits per heavy atom. The van der Waals surface area contributed by atoms with E-state index >= 15 is 0 Å². The fourth-order valence-electron chi connectivity index (χ4n) is 5.37. The highest BCUT2D eigenvalue weighted by atomic mass is 35.5. The van der Waals surface area contributed by atoms with Gasteiger partial charge in [-0.1, -0.05) is 31.5 Å². The van der Waals surface area contributed by atoms with Crippen LogP contribution in [0.15, 0.2) is 18.2 Å². The molecule has 1 atom stereocenters. The summed E-state index contributed by atoms with van der Waals surface area (Å²) in [5.74, 6) is -0.871. The van der Waals surface area contributed by atoms with Crippen molar-refractivity contribution >= 4 is 29.4 Å². The van der Waals surface area contributed by atoms with E-state index in [0.29, 0.717) is 25.5 Å². The van der Waals surface area contributed by atoms with Gasteiger partial charge < -0.3 is 29.3 Å². The smallest absolute Gasteiger partial charge is 0.410 e. The summed E-state index contributed by atoms with van der Waals surface area (Å²) >= 11 is 6.79. The third-order valence-electron chi connectivity index (χ3n) is 7.31. The summed E-state index contributed by atoms with van der Waals surface area (Å²) in [4.78, 5) is 36.8. The van der Waals surface area contributed by atoms with Crippen LogP contribution < -0.4 is 9.64 Å². The lowest BCUT2D eigenvalue weighted by Gasteiger charge is -2.40. The lowest BCUT2D eigenvalue weighted by Crippen LogP contribution is -2.58. The number of fused-ring (bicyclic) bond motifs is 2. The second kappa shape index (κ2) is 9.73. The minimum Gasteiger partial charge on any atom is -0.507 e. The number of ether oxygens (including phenoxy) is 2. The molecule has 9 nitrogen and oxygen atoms in total. The molecule has 4 heterocycles. The number of carbonyl (C=O) groups excluding carboxylic acids is 2. The Balaban J connectivity index is 1.58. The highest BCUT2D eigenvalue weighted by molar-refractivity contribution is 6.35. The summed E-state index contributed by atoms with van der Waals surface area (Å²) in [6.45, 7) is 11.8. The zero-order chi connectivity index (χ0) is 28.3. The van der Waals surface area contributed by atoms with Crippen LogP contribution >= 0.6 is 11.6 Å². The van der Waals surface area contributed by atoms with Crippen LogP contribution in [0.4, 0.5) is 15.0 Å². The Morgan fingerprint density at radius 1 is 1.23 bits per heavy atom. The van der Waals surface area contributed by atoms with E-state index in [9.17, 15) is 19.1 Å². The zero-order valence-electron chi connectivity index (χ0n) is 22.9. The fraction of sp³-hybridized carbons (Fsp3) is 0.536. The van der Waals surface area contributed by atoms with Crippen molar-refractivity contribution in [3.8, 4) is 22.8 Å². The molecule has 1 aromatic heterocycles. The largest absolute Gasteiger partial charge is 0.507 e. The van der Waals surface area contributed by atoms with Gasteiger partial charge in [0.2, 0.25) is 0 Å². The molecule has 0 aliphatic carbocycles. The number of piperazine rings is 1. The first-order valence-corrected chi connectivity index (χ1v) is 13.5. The van der Waals surface area contributed by atoms with Crippen molar-refractivity contribution in [2.24, 2.45) is 5.41 Å². The summed E-state index contributed by atoms with van der Waals surface area (Å²) in [6.07, 6.45) is 0.423. The third-order valence-corrected chi connectivity index (χ3v) is 7.66. The average molecular weight is 561 g/mol. The summed E-state index contributed by atoms with van der Waals surface area (Å²) in [5, 5.41) is 10.5. The van der Waals surface area contributed by atoms with E-state index in [2.05, 4.69) is 13.8 Å². The van der Waals surface area contributed by atoms with Gasteiger partial charge in [-0.3, -0.25) is 4.79 Å². The van der Waals surface area contributed by atoms with E-state index in [1.54, 1.807) is 30.6 Å². The van der Waals surface area contributed by atoms with Crippen LogP contribution in [0.5, 0.6) is 11.5 Å². The van der Waals surface area contributed by atoms with E-state index in [4.69, 9.17) is 26.1 Å². The molecule has 0 bridgehead atoms. The number of carbonyl (C=O) groups is 2.